The van der Waals surface area contributed by atoms with E-state index < -0.39 is 5.97 Å². The van der Waals surface area contributed by atoms with Crippen LogP contribution in [-0.2, 0) is 0 Å². The third-order valence-electron chi connectivity index (χ3n) is 2.75. The Morgan fingerprint density at radius 3 is 2.50 bits per heavy atom. The number of rotatable bonds is 4. The quantitative estimate of drug-likeness (QED) is 0.872. The van der Waals surface area contributed by atoms with Gasteiger partial charge in [-0.25, -0.2) is 4.79 Å². The van der Waals surface area contributed by atoms with E-state index in [9.17, 15) is 15.2 Å². The second-order valence-corrected chi connectivity index (χ2v) is 5.91. The average Bonchev–Trinajstić information content (AvgIpc) is 2.86. The number of thioether (sulfide) groups is 1. The van der Waals surface area contributed by atoms with Gasteiger partial charge in [0.25, 0.3) is 0 Å². The van der Waals surface area contributed by atoms with Crippen LogP contribution in [0.3, 0.4) is 0 Å². The van der Waals surface area contributed by atoms with E-state index in [2.05, 4.69) is 6.07 Å². The van der Waals surface area contributed by atoms with Gasteiger partial charge in [-0.05, 0) is 24.0 Å². The molecule has 0 amide bonds. The van der Waals surface area contributed by atoms with Crippen LogP contribution in [0.25, 0.3) is 11.1 Å². The van der Waals surface area contributed by atoms with Crippen LogP contribution in [0.4, 0.5) is 0 Å². The van der Waals surface area contributed by atoms with Gasteiger partial charge in [-0.1, -0.05) is 12.1 Å². The largest absolute Gasteiger partial charge is 0.497 e. The molecule has 1 heterocycles. The zero-order valence-electron chi connectivity index (χ0n) is 10.8. The molecule has 0 spiro atoms. The Kier molecular flexibility index (Phi) is 4.32. The van der Waals surface area contributed by atoms with Crippen LogP contribution in [-0.4, -0.2) is 24.4 Å². The highest BCUT2D eigenvalue weighted by Gasteiger charge is 2.23. The van der Waals surface area contributed by atoms with Gasteiger partial charge in [0, 0.05) is 5.56 Å². The fourth-order valence-electron chi connectivity index (χ4n) is 1.84. The lowest BCUT2D eigenvalue weighted by molar-refractivity contribution is 0.0703. The predicted octanol–water partition coefficient (Wildman–Crippen LogP) is 3.72. The Morgan fingerprint density at radius 1 is 1.40 bits per heavy atom. The van der Waals surface area contributed by atoms with Crippen LogP contribution in [0.5, 0.6) is 5.75 Å². The molecule has 0 aliphatic heterocycles. The highest BCUT2D eigenvalue weighted by Crippen LogP contribution is 2.41. The summed E-state index contributed by atoms with van der Waals surface area (Å²) >= 11 is 2.52. The summed E-state index contributed by atoms with van der Waals surface area (Å²) < 4.78 is 5.80. The number of thiophene rings is 1. The van der Waals surface area contributed by atoms with Gasteiger partial charge in [-0.15, -0.1) is 23.1 Å². The third-order valence-corrected chi connectivity index (χ3v) is 5.04. The lowest BCUT2D eigenvalue weighted by atomic mass is 10.0. The molecule has 0 bridgehead atoms. The Labute approximate surface area is 124 Å². The van der Waals surface area contributed by atoms with Crippen molar-refractivity contribution < 1.29 is 14.6 Å². The van der Waals surface area contributed by atoms with Crippen molar-refractivity contribution >= 4 is 29.1 Å². The zero-order valence-corrected chi connectivity index (χ0v) is 12.5. The van der Waals surface area contributed by atoms with Crippen molar-refractivity contribution in [1.82, 2.24) is 0 Å². The van der Waals surface area contributed by atoms with Gasteiger partial charge in [0.1, 0.15) is 16.7 Å². The van der Waals surface area contributed by atoms with Crippen molar-refractivity contribution in [1.29, 1.82) is 5.26 Å². The lowest BCUT2D eigenvalue weighted by Gasteiger charge is -2.04. The Bertz CT molecular complexity index is 684. The first kappa shape index (κ1) is 14.4. The van der Waals surface area contributed by atoms with Gasteiger partial charge >= 0.3 is 5.97 Å². The van der Waals surface area contributed by atoms with E-state index in [0.717, 1.165) is 15.5 Å². The standard InChI is InChI=1S/C14H11NO3S2/c1-18-9-5-3-8(4-6-9)11-10(7-15)14(19-2)20-12(11)13(16)17/h3-6H,1-2H3,(H,16,17). The van der Waals surface area contributed by atoms with E-state index >= 15 is 0 Å². The van der Waals surface area contributed by atoms with E-state index in [4.69, 9.17) is 4.74 Å². The Morgan fingerprint density at radius 2 is 2.05 bits per heavy atom. The maximum atomic E-state index is 11.4. The van der Waals surface area contributed by atoms with Crippen LogP contribution in [0.1, 0.15) is 15.2 Å². The number of methoxy groups -OCH3 is 1. The Hall–Kier alpha value is -1.97. The van der Waals surface area contributed by atoms with Crippen LogP contribution in [0, 0.1) is 11.3 Å². The highest BCUT2D eigenvalue weighted by atomic mass is 32.2. The fourth-order valence-corrected chi connectivity index (χ4v) is 3.62. The van der Waals surface area contributed by atoms with E-state index in [1.165, 1.54) is 11.8 Å². The molecule has 0 radical (unpaired) electrons. The monoisotopic (exact) mass is 305 g/mol. The molecule has 0 atom stereocenters. The summed E-state index contributed by atoms with van der Waals surface area (Å²) in [6.07, 6.45) is 1.83. The zero-order chi connectivity index (χ0) is 14.7. The van der Waals surface area contributed by atoms with E-state index in [-0.39, 0.29) is 4.88 Å². The smallest absolute Gasteiger partial charge is 0.346 e. The summed E-state index contributed by atoms with van der Waals surface area (Å²) in [5.41, 5.74) is 1.61. The molecule has 0 saturated carbocycles. The second-order valence-electron chi connectivity index (χ2n) is 3.82. The summed E-state index contributed by atoms with van der Waals surface area (Å²) in [6, 6.07) is 9.13. The van der Waals surface area contributed by atoms with Gasteiger partial charge in [0.2, 0.25) is 0 Å². The maximum absolute atomic E-state index is 11.4. The molecule has 0 unspecified atom stereocenters. The van der Waals surface area contributed by atoms with E-state index in [1.54, 1.807) is 31.4 Å². The first-order valence-corrected chi connectivity index (χ1v) is 7.65. The molecule has 0 aliphatic carbocycles. The normalized spacial score (nSPS) is 10.1. The summed E-state index contributed by atoms with van der Waals surface area (Å²) in [4.78, 5) is 11.6. The molecule has 0 saturated heterocycles. The van der Waals surface area contributed by atoms with Gasteiger partial charge in [-0.2, -0.15) is 5.26 Å². The third kappa shape index (κ3) is 2.50. The molecular formula is C14H11NO3S2. The second kappa shape index (κ2) is 5.99. The summed E-state index contributed by atoms with van der Waals surface area (Å²) in [5.74, 6) is -0.331. The lowest BCUT2D eigenvalue weighted by Crippen LogP contribution is -1.95. The number of hydrogen-bond donors (Lipinski definition) is 1. The van der Waals surface area contributed by atoms with Crippen molar-refractivity contribution in [3.63, 3.8) is 0 Å². The molecule has 2 rings (SSSR count). The number of ether oxygens (including phenoxy) is 1. The van der Waals surface area contributed by atoms with Crippen molar-refractivity contribution in [2.45, 2.75) is 4.21 Å². The summed E-state index contributed by atoms with van der Waals surface area (Å²) in [6.45, 7) is 0. The molecule has 1 aromatic heterocycles. The number of hydrogen-bond acceptors (Lipinski definition) is 5. The van der Waals surface area contributed by atoms with Crippen molar-refractivity contribution in [3.8, 4) is 22.9 Å². The molecule has 20 heavy (non-hydrogen) atoms. The van der Waals surface area contributed by atoms with Crippen LogP contribution < -0.4 is 4.74 Å². The minimum atomic E-state index is -1.02. The number of carboxylic acids is 1. The molecular weight excluding hydrogens is 294 g/mol. The van der Waals surface area contributed by atoms with E-state index in [0.29, 0.717) is 22.4 Å². The maximum Gasteiger partial charge on any atom is 0.346 e. The number of carbonyl (C=O) groups is 1. The molecule has 0 aliphatic rings. The number of nitrogens with zero attached hydrogens (tertiary/aromatic N) is 1. The highest BCUT2D eigenvalue weighted by molar-refractivity contribution is 8.00. The van der Waals surface area contributed by atoms with Gasteiger partial charge in [0.05, 0.1) is 16.9 Å². The number of nitriles is 1. The topological polar surface area (TPSA) is 70.3 Å². The number of carboxylic acid groups (broad SMARTS) is 1. The van der Waals surface area contributed by atoms with Gasteiger partial charge in [0.15, 0.2) is 0 Å². The van der Waals surface area contributed by atoms with E-state index in [1.807, 2.05) is 6.26 Å². The molecule has 1 aromatic carbocycles. The molecule has 1 N–H and O–H groups in total. The molecule has 6 heteroatoms. The minimum absolute atomic E-state index is 0.191. The van der Waals surface area contributed by atoms with Gasteiger partial charge in [-0.3, -0.25) is 0 Å². The van der Waals surface area contributed by atoms with Crippen LogP contribution in [0.15, 0.2) is 28.5 Å². The van der Waals surface area contributed by atoms with Crippen LogP contribution >= 0.6 is 23.1 Å². The summed E-state index contributed by atoms with van der Waals surface area (Å²) in [5, 5.41) is 18.6. The molecule has 0 fully saturated rings. The molecule has 4 nitrogen and oxygen atoms in total. The van der Waals surface area contributed by atoms with Crippen molar-refractivity contribution in [3.05, 3.63) is 34.7 Å². The average molecular weight is 305 g/mol. The van der Waals surface area contributed by atoms with Crippen molar-refractivity contribution in [2.24, 2.45) is 0 Å². The van der Waals surface area contributed by atoms with Crippen molar-refractivity contribution in [2.75, 3.05) is 13.4 Å². The van der Waals surface area contributed by atoms with Gasteiger partial charge < -0.3 is 9.84 Å². The summed E-state index contributed by atoms with van der Waals surface area (Å²) in [7, 11) is 1.56. The number of benzene rings is 1. The fraction of sp³-hybridized carbons (Fsp3) is 0.143. The predicted molar refractivity (Wildman–Crippen MR) is 79.8 cm³/mol. The van der Waals surface area contributed by atoms with Crippen LogP contribution in [0.2, 0.25) is 0 Å². The number of aromatic carboxylic acids is 1. The first-order chi connectivity index (χ1) is 9.62. The molecule has 102 valence electrons. The first-order valence-electron chi connectivity index (χ1n) is 5.61. The SMILES string of the molecule is COc1ccc(-c2c(C(=O)O)sc(SC)c2C#N)cc1. The Balaban J connectivity index is 2.67. The minimum Gasteiger partial charge on any atom is -0.497 e. The molecule has 2 aromatic rings.